The van der Waals surface area contributed by atoms with Crippen LogP contribution in [0.2, 0.25) is 0 Å². The minimum atomic E-state index is -0.558. The third kappa shape index (κ3) is 4.15. The Morgan fingerprint density at radius 1 is 1.57 bits per heavy atom. The maximum Gasteiger partial charge on any atom is 0.340 e. The number of halogens is 1. The van der Waals surface area contributed by atoms with Gasteiger partial charge >= 0.3 is 5.97 Å². The molecule has 5 nitrogen and oxygen atoms in total. The molecule has 0 aliphatic carbocycles. The Kier molecular flexibility index (Phi) is 5.14. The van der Waals surface area contributed by atoms with E-state index < -0.39 is 11.8 Å². The summed E-state index contributed by atoms with van der Waals surface area (Å²) in [5, 5.41) is 0. The van der Waals surface area contributed by atoms with Crippen LogP contribution in [-0.4, -0.2) is 49.3 Å². The van der Waals surface area contributed by atoms with Gasteiger partial charge in [-0.05, 0) is 32.0 Å². The van der Waals surface area contributed by atoms with Crippen LogP contribution in [0.15, 0.2) is 18.2 Å². The first-order valence-electron chi connectivity index (χ1n) is 7.05. The summed E-state index contributed by atoms with van der Waals surface area (Å²) >= 11 is 0. The van der Waals surface area contributed by atoms with Crippen LogP contribution in [0.1, 0.15) is 24.2 Å². The van der Waals surface area contributed by atoms with Crippen molar-refractivity contribution in [2.24, 2.45) is 0 Å². The molecule has 2 N–H and O–H groups in total. The van der Waals surface area contributed by atoms with Gasteiger partial charge in [0.15, 0.2) is 0 Å². The summed E-state index contributed by atoms with van der Waals surface area (Å²) in [4.78, 5) is 14.2. The highest BCUT2D eigenvalue weighted by atomic mass is 19.1. The molecule has 1 heterocycles. The molecule has 1 saturated heterocycles. The highest BCUT2D eigenvalue weighted by Crippen LogP contribution is 2.15. The maximum atomic E-state index is 12.9. The molecule has 0 bridgehead atoms. The first-order chi connectivity index (χ1) is 9.97. The summed E-state index contributed by atoms with van der Waals surface area (Å²) < 4.78 is 23.8. The monoisotopic (exact) mass is 296 g/mol. The Morgan fingerprint density at radius 3 is 3.00 bits per heavy atom. The van der Waals surface area contributed by atoms with Crippen LogP contribution in [0.3, 0.4) is 0 Å². The van der Waals surface area contributed by atoms with Gasteiger partial charge in [-0.15, -0.1) is 0 Å². The molecule has 1 unspecified atom stereocenters. The van der Waals surface area contributed by atoms with Crippen molar-refractivity contribution in [3.8, 4) is 0 Å². The van der Waals surface area contributed by atoms with Crippen molar-refractivity contribution >= 4 is 11.7 Å². The van der Waals surface area contributed by atoms with Gasteiger partial charge in [0.05, 0.1) is 12.2 Å². The molecule has 1 aromatic rings. The number of hydrogen-bond acceptors (Lipinski definition) is 5. The predicted octanol–water partition coefficient (Wildman–Crippen LogP) is 1.67. The van der Waals surface area contributed by atoms with Crippen LogP contribution in [0.4, 0.5) is 10.1 Å². The van der Waals surface area contributed by atoms with Crippen LogP contribution in [0.25, 0.3) is 0 Å². The zero-order valence-electron chi connectivity index (χ0n) is 12.3. The average Bonchev–Trinajstić information content (AvgIpc) is 2.45. The molecule has 1 aromatic carbocycles. The molecule has 0 amide bonds. The third-order valence-corrected chi connectivity index (χ3v) is 3.53. The minimum Gasteiger partial charge on any atom is -0.459 e. The lowest BCUT2D eigenvalue weighted by Crippen LogP contribution is -2.47. The van der Waals surface area contributed by atoms with Gasteiger partial charge in [-0.1, -0.05) is 0 Å². The van der Waals surface area contributed by atoms with Gasteiger partial charge in [0.1, 0.15) is 18.5 Å². The number of morpholine rings is 1. The summed E-state index contributed by atoms with van der Waals surface area (Å²) in [6.07, 6.45) is -0.147. The van der Waals surface area contributed by atoms with E-state index in [4.69, 9.17) is 15.2 Å². The highest BCUT2D eigenvalue weighted by Gasteiger charge is 2.24. The molecule has 0 aromatic heterocycles. The van der Waals surface area contributed by atoms with Crippen molar-refractivity contribution in [1.82, 2.24) is 4.90 Å². The van der Waals surface area contributed by atoms with Crippen LogP contribution in [-0.2, 0) is 9.47 Å². The van der Waals surface area contributed by atoms with Crippen molar-refractivity contribution in [2.45, 2.75) is 26.0 Å². The Bertz CT molecular complexity index is 508. The smallest absolute Gasteiger partial charge is 0.340 e. The SMILES string of the molecule is CC(C)N1CCOC(COC(=O)c2ccc(F)cc2N)C1. The lowest BCUT2D eigenvalue weighted by atomic mass is 10.2. The van der Waals surface area contributed by atoms with E-state index >= 15 is 0 Å². The van der Waals surface area contributed by atoms with Crippen LogP contribution < -0.4 is 5.73 Å². The number of nitrogens with zero attached hydrogens (tertiary/aromatic N) is 1. The van der Waals surface area contributed by atoms with Gasteiger partial charge in [-0.25, -0.2) is 9.18 Å². The normalized spacial score (nSPS) is 19.7. The maximum absolute atomic E-state index is 12.9. The number of esters is 1. The second-order valence-corrected chi connectivity index (χ2v) is 5.41. The largest absolute Gasteiger partial charge is 0.459 e. The molecule has 0 radical (unpaired) electrons. The van der Waals surface area contributed by atoms with Crippen molar-refractivity contribution in [2.75, 3.05) is 32.0 Å². The molecule has 6 heteroatoms. The molecule has 21 heavy (non-hydrogen) atoms. The van der Waals surface area contributed by atoms with Crippen molar-refractivity contribution in [1.29, 1.82) is 0 Å². The van der Waals surface area contributed by atoms with Crippen molar-refractivity contribution in [3.05, 3.63) is 29.6 Å². The Labute approximate surface area is 123 Å². The van der Waals surface area contributed by atoms with Crippen LogP contribution >= 0.6 is 0 Å². The molecule has 1 aliphatic heterocycles. The van der Waals surface area contributed by atoms with E-state index in [1.165, 1.54) is 12.1 Å². The number of nitrogen functional groups attached to an aromatic ring is 1. The molecular formula is C15H21FN2O3. The zero-order chi connectivity index (χ0) is 15.4. The topological polar surface area (TPSA) is 64.8 Å². The second-order valence-electron chi connectivity index (χ2n) is 5.41. The molecule has 116 valence electrons. The molecule has 0 saturated carbocycles. The fraction of sp³-hybridized carbons (Fsp3) is 0.533. The number of carbonyl (C=O) groups is 1. The fourth-order valence-corrected chi connectivity index (χ4v) is 2.28. The number of carbonyl (C=O) groups excluding carboxylic acids is 1. The molecule has 1 aliphatic rings. The molecule has 1 fully saturated rings. The standard InChI is InChI=1S/C15H21FN2O3/c1-10(2)18-5-6-20-12(8-18)9-21-15(19)13-4-3-11(16)7-14(13)17/h3-4,7,10,12H,5-6,8-9,17H2,1-2H3. The number of hydrogen-bond donors (Lipinski definition) is 1. The molecule has 1 atom stereocenters. The van der Waals surface area contributed by atoms with Gasteiger partial charge in [-0.3, -0.25) is 4.90 Å². The molecule has 2 rings (SSSR count). The predicted molar refractivity (Wildman–Crippen MR) is 77.5 cm³/mol. The van der Waals surface area contributed by atoms with E-state index in [2.05, 4.69) is 18.7 Å². The first-order valence-corrected chi connectivity index (χ1v) is 7.05. The summed E-state index contributed by atoms with van der Waals surface area (Å²) in [5.74, 6) is -1.04. The Hall–Kier alpha value is -1.66. The fourth-order valence-electron chi connectivity index (χ4n) is 2.28. The number of nitrogens with two attached hydrogens (primary N) is 1. The quantitative estimate of drug-likeness (QED) is 0.676. The van der Waals surface area contributed by atoms with E-state index in [1.807, 2.05) is 0 Å². The highest BCUT2D eigenvalue weighted by molar-refractivity contribution is 5.95. The van der Waals surface area contributed by atoms with Gasteiger partial charge in [-0.2, -0.15) is 0 Å². The summed E-state index contributed by atoms with van der Waals surface area (Å²) in [6.45, 7) is 6.63. The molecule has 0 spiro atoms. The second kappa shape index (κ2) is 6.87. The van der Waals surface area contributed by atoms with Gasteiger partial charge in [0.25, 0.3) is 0 Å². The van der Waals surface area contributed by atoms with Gasteiger partial charge in [0.2, 0.25) is 0 Å². The number of anilines is 1. The Morgan fingerprint density at radius 2 is 2.33 bits per heavy atom. The lowest BCUT2D eigenvalue weighted by Gasteiger charge is -2.35. The number of rotatable bonds is 4. The van der Waals surface area contributed by atoms with Crippen LogP contribution in [0.5, 0.6) is 0 Å². The van der Waals surface area contributed by atoms with Crippen molar-refractivity contribution in [3.63, 3.8) is 0 Å². The van der Waals surface area contributed by atoms with Crippen molar-refractivity contribution < 1.29 is 18.7 Å². The van der Waals surface area contributed by atoms with E-state index in [9.17, 15) is 9.18 Å². The molecular weight excluding hydrogens is 275 g/mol. The van der Waals surface area contributed by atoms with Crippen LogP contribution in [0, 0.1) is 5.82 Å². The zero-order valence-corrected chi connectivity index (χ0v) is 12.3. The van der Waals surface area contributed by atoms with E-state index in [0.29, 0.717) is 12.6 Å². The minimum absolute atomic E-state index is 0.0772. The van der Waals surface area contributed by atoms with Gasteiger partial charge in [0, 0.05) is 24.8 Å². The Balaban J connectivity index is 1.89. The summed E-state index contributed by atoms with van der Waals surface area (Å²) in [6, 6.07) is 4.05. The van der Waals surface area contributed by atoms with Gasteiger partial charge < -0.3 is 15.2 Å². The third-order valence-electron chi connectivity index (χ3n) is 3.53. The van der Waals surface area contributed by atoms with E-state index in [0.717, 1.165) is 19.2 Å². The number of ether oxygens (including phenoxy) is 2. The van der Waals surface area contributed by atoms with E-state index in [1.54, 1.807) is 0 Å². The van der Waals surface area contributed by atoms with E-state index in [-0.39, 0.29) is 24.0 Å². The average molecular weight is 296 g/mol. The number of benzene rings is 1. The summed E-state index contributed by atoms with van der Waals surface area (Å²) in [7, 11) is 0. The lowest BCUT2D eigenvalue weighted by molar-refractivity contribution is -0.0662. The first kappa shape index (κ1) is 15.7. The summed E-state index contributed by atoms with van der Waals surface area (Å²) in [5.41, 5.74) is 5.86.